The minimum atomic E-state index is -3.31. The molecule has 0 amide bonds. The number of unbranched alkanes of at least 4 members (excludes halogenated alkanes) is 1. The zero-order valence-electron chi connectivity index (χ0n) is 11.2. The number of nitrogens with one attached hydrogen (secondary N) is 2. The van der Waals surface area contributed by atoms with Crippen LogP contribution in [0, 0.1) is 6.92 Å². The first-order valence-corrected chi connectivity index (χ1v) is 8.73. The highest BCUT2D eigenvalue weighted by atomic mass is 79.9. The van der Waals surface area contributed by atoms with Gasteiger partial charge in [0, 0.05) is 4.47 Å². The van der Waals surface area contributed by atoms with Crippen LogP contribution in [0.15, 0.2) is 16.6 Å². The van der Waals surface area contributed by atoms with Crippen LogP contribution >= 0.6 is 15.9 Å². The Kier molecular flexibility index (Phi) is 6.74. The van der Waals surface area contributed by atoms with E-state index in [2.05, 4.69) is 31.0 Å². The molecule has 5 nitrogen and oxygen atoms in total. The SMILES string of the molecule is CCNCCCCS(=O)(=O)Nc1ccc(Br)c(C)n1. The summed E-state index contributed by atoms with van der Waals surface area (Å²) in [6.45, 7) is 5.60. The summed E-state index contributed by atoms with van der Waals surface area (Å²) < 4.78 is 27.1. The molecule has 0 aliphatic rings. The second-order valence-corrected chi connectivity index (χ2v) is 6.94. The van der Waals surface area contributed by atoms with Crippen LogP contribution in [0.25, 0.3) is 0 Å². The second-order valence-electron chi connectivity index (χ2n) is 4.25. The topological polar surface area (TPSA) is 71.1 Å². The van der Waals surface area contributed by atoms with Crippen LogP contribution in [-0.4, -0.2) is 32.2 Å². The number of nitrogens with zero attached hydrogens (tertiary/aromatic N) is 1. The summed E-state index contributed by atoms with van der Waals surface area (Å²) in [5.74, 6) is 0.488. The van der Waals surface area contributed by atoms with Gasteiger partial charge >= 0.3 is 0 Å². The Morgan fingerprint density at radius 2 is 2.05 bits per heavy atom. The lowest BCUT2D eigenvalue weighted by Crippen LogP contribution is -2.19. The van der Waals surface area contributed by atoms with E-state index in [-0.39, 0.29) is 5.75 Å². The van der Waals surface area contributed by atoms with Crippen molar-refractivity contribution in [3.8, 4) is 0 Å². The molecular weight excluding hydrogens is 330 g/mol. The molecule has 0 aliphatic heterocycles. The van der Waals surface area contributed by atoms with Crippen LogP contribution < -0.4 is 10.0 Å². The number of hydrogen-bond acceptors (Lipinski definition) is 4. The first-order chi connectivity index (χ1) is 8.94. The number of rotatable bonds is 8. The van der Waals surface area contributed by atoms with E-state index in [1.807, 2.05) is 13.8 Å². The smallest absolute Gasteiger partial charge is 0.233 e. The first kappa shape index (κ1) is 16.4. The van der Waals surface area contributed by atoms with Gasteiger partial charge in [0.2, 0.25) is 10.0 Å². The highest BCUT2D eigenvalue weighted by Gasteiger charge is 2.11. The number of aryl methyl sites for hydroxylation is 1. The Balaban J connectivity index is 2.47. The normalized spacial score (nSPS) is 11.5. The molecule has 108 valence electrons. The lowest BCUT2D eigenvalue weighted by molar-refractivity contribution is 0.593. The molecule has 0 bridgehead atoms. The van der Waals surface area contributed by atoms with E-state index < -0.39 is 10.0 Å². The summed E-state index contributed by atoms with van der Waals surface area (Å²) in [5.41, 5.74) is 0.757. The molecule has 0 saturated heterocycles. The number of sulfonamides is 1. The fourth-order valence-corrected chi connectivity index (χ4v) is 2.87. The molecule has 1 aromatic heterocycles. The summed E-state index contributed by atoms with van der Waals surface area (Å²) in [5, 5.41) is 3.17. The fraction of sp³-hybridized carbons (Fsp3) is 0.583. The predicted molar refractivity (Wildman–Crippen MR) is 81.9 cm³/mol. The highest BCUT2D eigenvalue weighted by molar-refractivity contribution is 9.10. The molecular formula is C12H20BrN3O2S. The van der Waals surface area contributed by atoms with Gasteiger partial charge in [-0.2, -0.15) is 0 Å². The molecule has 7 heteroatoms. The first-order valence-electron chi connectivity index (χ1n) is 6.29. The van der Waals surface area contributed by atoms with Gasteiger partial charge in [0.15, 0.2) is 0 Å². The lowest BCUT2D eigenvalue weighted by Gasteiger charge is -2.08. The Labute approximate surface area is 123 Å². The van der Waals surface area contributed by atoms with E-state index >= 15 is 0 Å². The van der Waals surface area contributed by atoms with E-state index in [1.165, 1.54) is 0 Å². The van der Waals surface area contributed by atoms with Gasteiger partial charge in [-0.3, -0.25) is 4.72 Å². The average Bonchev–Trinajstić information content (AvgIpc) is 2.33. The van der Waals surface area contributed by atoms with Crippen LogP contribution in [-0.2, 0) is 10.0 Å². The molecule has 0 atom stereocenters. The van der Waals surface area contributed by atoms with Crippen molar-refractivity contribution >= 4 is 31.8 Å². The van der Waals surface area contributed by atoms with Crippen molar-refractivity contribution in [3.05, 3.63) is 22.3 Å². The maximum atomic E-state index is 11.8. The zero-order valence-corrected chi connectivity index (χ0v) is 13.6. The molecule has 0 aromatic carbocycles. The van der Waals surface area contributed by atoms with Crippen molar-refractivity contribution in [1.82, 2.24) is 10.3 Å². The molecule has 0 fully saturated rings. The van der Waals surface area contributed by atoms with Gasteiger partial charge < -0.3 is 5.32 Å². The number of pyridine rings is 1. The molecule has 0 unspecified atom stereocenters. The van der Waals surface area contributed by atoms with Crippen molar-refractivity contribution < 1.29 is 8.42 Å². The second kappa shape index (κ2) is 7.81. The molecule has 19 heavy (non-hydrogen) atoms. The Hall–Kier alpha value is -0.660. The lowest BCUT2D eigenvalue weighted by atomic mass is 10.3. The van der Waals surface area contributed by atoms with Crippen LogP contribution in [0.2, 0.25) is 0 Å². The van der Waals surface area contributed by atoms with Crippen LogP contribution in [0.3, 0.4) is 0 Å². The van der Waals surface area contributed by atoms with Gasteiger partial charge in [0.05, 0.1) is 11.4 Å². The number of aromatic nitrogens is 1. The van der Waals surface area contributed by atoms with Crippen molar-refractivity contribution in [3.63, 3.8) is 0 Å². The minimum absolute atomic E-state index is 0.120. The average molecular weight is 350 g/mol. The molecule has 0 saturated carbocycles. The Bertz CT molecular complexity index is 506. The molecule has 1 rings (SSSR count). The zero-order chi connectivity index (χ0) is 14.3. The standard InChI is InChI=1S/C12H20BrN3O2S/c1-3-14-8-4-5-9-19(17,18)16-12-7-6-11(13)10(2)15-12/h6-7,14H,3-5,8-9H2,1-2H3,(H,15,16). The van der Waals surface area contributed by atoms with E-state index in [0.717, 1.165) is 29.7 Å². The molecule has 2 N–H and O–H groups in total. The molecule has 1 aromatic rings. The third-order valence-electron chi connectivity index (χ3n) is 2.55. The van der Waals surface area contributed by atoms with E-state index in [9.17, 15) is 8.42 Å². The molecule has 0 spiro atoms. The maximum Gasteiger partial charge on any atom is 0.233 e. The maximum absolute atomic E-state index is 11.8. The van der Waals surface area contributed by atoms with Crippen molar-refractivity contribution in [2.75, 3.05) is 23.6 Å². The van der Waals surface area contributed by atoms with E-state index in [0.29, 0.717) is 12.2 Å². The van der Waals surface area contributed by atoms with Gasteiger partial charge in [-0.05, 0) is 60.9 Å². The van der Waals surface area contributed by atoms with E-state index in [4.69, 9.17) is 0 Å². The molecule has 0 radical (unpaired) electrons. The summed E-state index contributed by atoms with van der Waals surface area (Å²) in [6.07, 6.45) is 1.49. The minimum Gasteiger partial charge on any atom is -0.317 e. The monoisotopic (exact) mass is 349 g/mol. The number of hydrogen-bond donors (Lipinski definition) is 2. The number of halogens is 1. The summed E-state index contributed by atoms with van der Waals surface area (Å²) in [6, 6.07) is 3.43. The fourth-order valence-electron chi connectivity index (χ4n) is 1.53. The van der Waals surface area contributed by atoms with Crippen LogP contribution in [0.1, 0.15) is 25.5 Å². The van der Waals surface area contributed by atoms with Gasteiger partial charge in [-0.25, -0.2) is 13.4 Å². The third kappa shape index (κ3) is 6.35. The summed E-state index contributed by atoms with van der Waals surface area (Å²) in [7, 11) is -3.31. The Morgan fingerprint density at radius 1 is 1.32 bits per heavy atom. The molecule has 1 heterocycles. The van der Waals surface area contributed by atoms with Crippen LogP contribution in [0.4, 0.5) is 5.82 Å². The Morgan fingerprint density at radius 3 is 2.68 bits per heavy atom. The quantitative estimate of drug-likeness (QED) is 0.706. The van der Waals surface area contributed by atoms with Gasteiger partial charge in [0.1, 0.15) is 5.82 Å². The van der Waals surface area contributed by atoms with Gasteiger partial charge in [-0.1, -0.05) is 6.92 Å². The van der Waals surface area contributed by atoms with Crippen molar-refractivity contribution in [2.45, 2.75) is 26.7 Å². The summed E-state index contributed by atoms with van der Waals surface area (Å²) >= 11 is 3.33. The third-order valence-corrected chi connectivity index (χ3v) is 4.73. The van der Waals surface area contributed by atoms with Gasteiger partial charge in [-0.15, -0.1) is 0 Å². The van der Waals surface area contributed by atoms with Gasteiger partial charge in [0.25, 0.3) is 0 Å². The van der Waals surface area contributed by atoms with Crippen molar-refractivity contribution in [1.29, 1.82) is 0 Å². The summed E-state index contributed by atoms with van der Waals surface area (Å²) in [4.78, 5) is 4.17. The van der Waals surface area contributed by atoms with Crippen molar-refractivity contribution in [2.24, 2.45) is 0 Å². The molecule has 0 aliphatic carbocycles. The number of anilines is 1. The largest absolute Gasteiger partial charge is 0.317 e. The van der Waals surface area contributed by atoms with Crippen LogP contribution in [0.5, 0.6) is 0 Å². The van der Waals surface area contributed by atoms with E-state index in [1.54, 1.807) is 12.1 Å². The highest BCUT2D eigenvalue weighted by Crippen LogP contribution is 2.17. The predicted octanol–water partition coefficient (Wildman–Crippen LogP) is 2.28.